The van der Waals surface area contributed by atoms with Gasteiger partial charge in [-0.1, -0.05) is 60.7 Å². The summed E-state index contributed by atoms with van der Waals surface area (Å²) in [5.41, 5.74) is 2.30. The van der Waals surface area contributed by atoms with Crippen molar-refractivity contribution in [1.29, 1.82) is 0 Å². The van der Waals surface area contributed by atoms with Crippen molar-refractivity contribution in [1.82, 2.24) is 4.57 Å². The van der Waals surface area contributed by atoms with Crippen LogP contribution in [0.4, 0.5) is 5.69 Å². The molecule has 0 saturated carbocycles. The monoisotopic (exact) mass is 474 g/mol. The van der Waals surface area contributed by atoms with E-state index in [1.165, 1.54) is 16.7 Å². The highest BCUT2D eigenvalue weighted by Crippen LogP contribution is 2.33. The van der Waals surface area contributed by atoms with Gasteiger partial charge in [0.05, 0.1) is 6.54 Å². The number of rotatable bonds is 6. The van der Waals surface area contributed by atoms with Crippen LogP contribution in [-0.4, -0.2) is 27.1 Å². The summed E-state index contributed by atoms with van der Waals surface area (Å²) in [6, 6.07) is 24.7. The number of hydrogen-bond donors (Lipinski definition) is 0. The molecule has 0 saturated heterocycles. The van der Waals surface area contributed by atoms with Crippen molar-refractivity contribution < 1.29 is 17.0 Å². The molecule has 0 fully saturated rings. The van der Waals surface area contributed by atoms with Gasteiger partial charge in [0.2, 0.25) is 0 Å². The highest BCUT2D eigenvalue weighted by atomic mass is 32.2. The first kappa shape index (κ1) is 21.8. The van der Waals surface area contributed by atoms with E-state index >= 15 is 0 Å². The van der Waals surface area contributed by atoms with Gasteiger partial charge in [0.1, 0.15) is 10.4 Å². The smallest absolute Gasteiger partial charge is 0.408 e. The van der Waals surface area contributed by atoms with E-state index in [0.29, 0.717) is 5.39 Å². The molecule has 0 atom stereocenters. The number of benzene rings is 4. The van der Waals surface area contributed by atoms with Gasteiger partial charge in [0, 0.05) is 30.6 Å². The molecule has 4 aromatic carbocycles. The summed E-state index contributed by atoms with van der Waals surface area (Å²) >= 11 is 0. The Labute approximate surface area is 196 Å². The van der Waals surface area contributed by atoms with Crippen molar-refractivity contribution in [2.24, 2.45) is 0 Å². The first-order chi connectivity index (χ1) is 16.3. The van der Waals surface area contributed by atoms with Gasteiger partial charge in [0.15, 0.2) is 11.3 Å². The molecule has 0 radical (unpaired) electrons. The van der Waals surface area contributed by atoms with Crippen LogP contribution in [0.25, 0.3) is 21.9 Å². The number of para-hydroxylation sites is 1. The van der Waals surface area contributed by atoms with E-state index in [0.717, 1.165) is 16.6 Å². The van der Waals surface area contributed by atoms with Crippen molar-refractivity contribution in [3.8, 4) is 5.75 Å². The van der Waals surface area contributed by atoms with Crippen LogP contribution in [0.3, 0.4) is 0 Å². The molecule has 8 heteroatoms. The Morgan fingerprint density at radius 3 is 2.32 bits per heavy atom. The van der Waals surface area contributed by atoms with Crippen LogP contribution < -0.4 is 14.8 Å². The first-order valence-corrected chi connectivity index (χ1v) is 12.1. The second-order valence-corrected chi connectivity index (χ2v) is 9.62. The number of hydrogen-bond acceptors (Lipinski definition) is 6. The zero-order valence-corrected chi connectivity index (χ0v) is 19.5. The quantitative estimate of drug-likeness (QED) is 0.334. The maximum absolute atomic E-state index is 13.5. The van der Waals surface area contributed by atoms with E-state index in [-0.39, 0.29) is 28.3 Å². The number of nitrogens with zero attached hydrogens (tertiary/aromatic N) is 2. The van der Waals surface area contributed by atoms with Crippen LogP contribution in [-0.2, 0) is 16.7 Å². The molecule has 34 heavy (non-hydrogen) atoms. The van der Waals surface area contributed by atoms with Crippen molar-refractivity contribution in [3.05, 3.63) is 101 Å². The molecule has 7 nitrogen and oxygen atoms in total. The standard InChI is InChI=1S/C26H22N2O5S/c1-27(2)21-13-6-12-20-19(21)11-7-16-24(20)34(30,31)33-23-15-8-14-22-25(23)28(26(29)32-22)17-18-9-4-3-5-10-18/h3-16H,17H2,1-2H3. The van der Waals surface area contributed by atoms with E-state index in [9.17, 15) is 13.2 Å². The van der Waals surface area contributed by atoms with Crippen LogP contribution in [0.1, 0.15) is 5.56 Å². The Hall–Kier alpha value is -4.04. The second-order valence-electron chi connectivity index (χ2n) is 8.10. The van der Waals surface area contributed by atoms with E-state index in [2.05, 4.69) is 0 Å². The Morgan fingerprint density at radius 1 is 0.853 bits per heavy atom. The lowest BCUT2D eigenvalue weighted by Crippen LogP contribution is -2.16. The van der Waals surface area contributed by atoms with Crippen LogP contribution >= 0.6 is 0 Å². The molecule has 1 aromatic heterocycles. The van der Waals surface area contributed by atoms with Gasteiger partial charge in [-0.05, 0) is 29.8 Å². The molecule has 1 heterocycles. The fraction of sp³-hybridized carbons (Fsp3) is 0.115. The molecule has 5 rings (SSSR count). The molecule has 0 aliphatic carbocycles. The first-order valence-electron chi connectivity index (χ1n) is 10.6. The lowest BCUT2D eigenvalue weighted by Gasteiger charge is -2.17. The van der Waals surface area contributed by atoms with Crippen LogP contribution in [0.15, 0.2) is 99.0 Å². The van der Waals surface area contributed by atoms with Gasteiger partial charge in [-0.2, -0.15) is 8.42 Å². The molecule has 0 N–H and O–H groups in total. The normalized spacial score (nSPS) is 11.7. The van der Waals surface area contributed by atoms with E-state index in [4.69, 9.17) is 8.60 Å². The summed E-state index contributed by atoms with van der Waals surface area (Å²) in [4.78, 5) is 14.6. The van der Waals surface area contributed by atoms with Gasteiger partial charge in [-0.25, -0.2) is 4.79 Å². The lowest BCUT2D eigenvalue weighted by molar-refractivity contribution is 0.487. The Balaban J connectivity index is 1.63. The zero-order valence-electron chi connectivity index (χ0n) is 18.6. The van der Waals surface area contributed by atoms with Crippen molar-refractivity contribution in [2.45, 2.75) is 11.4 Å². The molecule has 0 aliphatic heterocycles. The van der Waals surface area contributed by atoms with Crippen molar-refractivity contribution in [3.63, 3.8) is 0 Å². The summed E-state index contributed by atoms with van der Waals surface area (Å²) in [6.45, 7) is 0.216. The Morgan fingerprint density at radius 2 is 1.56 bits per heavy atom. The van der Waals surface area contributed by atoms with Gasteiger partial charge < -0.3 is 13.5 Å². The molecular weight excluding hydrogens is 452 g/mol. The molecular formula is C26H22N2O5S. The molecule has 0 amide bonds. The van der Waals surface area contributed by atoms with Gasteiger partial charge in [0.25, 0.3) is 0 Å². The van der Waals surface area contributed by atoms with Gasteiger partial charge >= 0.3 is 15.9 Å². The third kappa shape index (κ3) is 3.82. The number of oxazole rings is 1. The van der Waals surface area contributed by atoms with E-state index in [1.807, 2.05) is 67.5 Å². The summed E-state index contributed by atoms with van der Waals surface area (Å²) in [6.07, 6.45) is 0. The molecule has 172 valence electrons. The van der Waals surface area contributed by atoms with Crippen LogP contribution in [0.5, 0.6) is 5.75 Å². The molecule has 0 aliphatic rings. The summed E-state index contributed by atoms with van der Waals surface area (Å²) in [5, 5.41) is 1.34. The van der Waals surface area contributed by atoms with Crippen molar-refractivity contribution in [2.75, 3.05) is 19.0 Å². The highest BCUT2D eigenvalue weighted by molar-refractivity contribution is 7.87. The summed E-state index contributed by atoms with van der Waals surface area (Å²) in [7, 11) is -0.428. The fourth-order valence-corrected chi connectivity index (χ4v) is 5.26. The fourth-order valence-electron chi connectivity index (χ4n) is 4.10. The maximum Gasteiger partial charge on any atom is 0.420 e. The Kier molecular flexibility index (Phi) is 5.37. The minimum Gasteiger partial charge on any atom is -0.408 e. The lowest BCUT2D eigenvalue weighted by atomic mass is 10.1. The molecule has 5 aromatic rings. The van der Waals surface area contributed by atoms with Crippen LogP contribution in [0, 0.1) is 0 Å². The highest BCUT2D eigenvalue weighted by Gasteiger charge is 2.24. The summed E-state index contributed by atoms with van der Waals surface area (Å²) in [5.74, 6) is -0.562. The van der Waals surface area contributed by atoms with Crippen molar-refractivity contribution >= 4 is 37.7 Å². The second kappa shape index (κ2) is 8.39. The number of fused-ring (bicyclic) bond motifs is 2. The third-order valence-corrected chi connectivity index (χ3v) is 6.94. The van der Waals surface area contributed by atoms with E-state index in [1.54, 1.807) is 24.3 Å². The largest absolute Gasteiger partial charge is 0.420 e. The Bertz CT molecular complexity index is 1670. The van der Waals surface area contributed by atoms with E-state index < -0.39 is 15.9 Å². The predicted octanol–water partition coefficient (Wildman–Crippen LogP) is 4.63. The predicted molar refractivity (Wildman–Crippen MR) is 132 cm³/mol. The molecule has 0 bridgehead atoms. The molecule has 0 spiro atoms. The van der Waals surface area contributed by atoms with Gasteiger partial charge in [-0.3, -0.25) is 4.57 Å². The average Bonchev–Trinajstić information content (AvgIpc) is 3.14. The van der Waals surface area contributed by atoms with Crippen LogP contribution in [0.2, 0.25) is 0 Å². The van der Waals surface area contributed by atoms with Gasteiger partial charge in [-0.15, -0.1) is 0 Å². The summed E-state index contributed by atoms with van der Waals surface area (Å²) < 4.78 is 39.3. The SMILES string of the molecule is CN(C)c1cccc2c(S(=O)(=O)Oc3cccc4oc(=O)n(Cc5ccccc5)c34)cccc12. The number of aromatic nitrogens is 1. The minimum absolute atomic E-state index is 0.0278. The topological polar surface area (TPSA) is 81.8 Å². The molecule has 0 unspecified atom stereocenters. The average molecular weight is 475 g/mol. The zero-order chi connectivity index (χ0) is 23.9. The maximum atomic E-state index is 13.5. The minimum atomic E-state index is -4.23. The number of anilines is 1. The third-order valence-electron chi connectivity index (χ3n) is 5.64.